The minimum Gasteiger partial charge on any atom is -0.368 e. The molecule has 0 bridgehead atoms. The van der Waals surface area contributed by atoms with Crippen LogP contribution in [0.15, 0.2) is 42.9 Å². The van der Waals surface area contributed by atoms with Crippen molar-refractivity contribution in [2.45, 2.75) is 0 Å². The van der Waals surface area contributed by atoms with Crippen molar-refractivity contribution in [2.75, 3.05) is 31.1 Å². The van der Waals surface area contributed by atoms with Crippen LogP contribution in [-0.2, 0) is 0 Å². The van der Waals surface area contributed by atoms with Crippen molar-refractivity contribution in [1.29, 1.82) is 0 Å². The van der Waals surface area contributed by atoms with Gasteiger partial charge in [-0.2, -0.15) is 0 Å². The summed E-state index contributed by atoms with van der Waals surface area (Å²) in [6.45, 7) is 3.02. The fourth-order valence-electron chi connectivity index (χ4n) is 2.44. The molecule has 0 aliphatic carbocycles. The smallest absolute Gasteiger partial charge is 0.254 e. The number of halogens is 1. The Balaban J connectivity index is 1.64. The highest BCUT2D eigenvalue weighted by atomic mass is 35.5. The fourth-order valence-corrected chi connectivity index (χ4v) is 2.61. The molecule has 0 radical (unpaired) electrons. The number of rotatable bonds is 2. The summed E-state index contributed by atoms with van der Waals surface area (Å²) in [6, 6.07) is 7.28. The Hall–Kier alpha value is -2.14. The average Bonchev–Trinajstić information content (AvgIpc) is 2.55. The predicted molar refractivity (Wildman–Crippen MR) is 81.6 cm³/mol. The Bertz CT molecular complexity index is 627. The summed E-state index contributed by atoms with van der Waals surface area (Å²) in [5.41, 5.74) is 1.73. The van der Waals surface area contributed by atoms with E-state index >= 15 is 0 Å². The van der Waals surface area contributed by atoms with Gasteiger partial charge in [0.25, 0.3) is 5.91 Å². The van der Waals surface area contributed by atoms with Crippen LogP contribution in [-0.4, -0.2) is 47.0 Å². The number of hydrogen-bond donors (Lipinski definition) is 0. The minimum absolute atomic E-state index is 0.00804. The number of anilines is 1. The molecule has 0 atom stereocenters. The molecule has 6 heteroatoms. The second-order valence-corrected chi connectivity index (χ2v) is 5.24. The Morgan fingerprint density at radius 1 is 1.05 bits per heavy atom. The molecule has 2 aromatic rings. The lowest BCUT2D eigenvalue weighted by molar-refractivity contribution is 0.0746. The van der Waals surface area contributed by atoms with Gasteiger partial charge in [-0.05, 0) is 24.3 Å². The number of carbonyl (C=O) groups excluding carboxylic acids is 1. The van der Waals surface area contributed by atoms with E-state index in [1.807, 2.05) is 17.0 Å². The lowest BCUT2D eigenvalue weighted by atomic mass is 10.2. The summed E-state index contributed by atoms with van der Waals surface area (Å²) in [4.78, 5) is 24.4. The number of amides is 1. The minimum atomic E-state index is 0.00804. The summed E-state index contributed by atoms with van der Waals surface area (Å²) in [7, 11) is 0. The molecule has 1 fully saturated rings. The van der Waals surface area contributed by atoms with Crippen molar-refractivity contribution >= 4 is 23.2 Å². The van der Waals surface area contributed by atoms with Gasteiger partial charge in [0.15, 0.2) is 0 Å². The van der Waals surface area contributed by atoms with Crippen LogP contribution in [0, 0.1) is 0 Å². The van der Waals surface area contributed by atoms with Gasteiger partial charge in [-0.15, -0.1) is 0 Å². The van der Waals surface area contributed by atoms with Crippen molar-refractivity contribution in [1.82, 2.24) is 14.9 Å². The molecule has 21 heavy (non-hydrogen) atoms. The summed E-state index contributed by atoms with van der Waals surface area (Å²) >= 11 is 5.84. The summed E-state index contributed by atoms with van der Waals surface area (Å²) in [6.07, 6.45) is 5.13. The van der Waals surface area contributed by atoms with E-state index in [4.69, 9.17) is 11.6 Å². The highest BCUT2D eigenvalue weighted by Crippen LogP contribution is 2.16. The Morgan fingerprint density at radius 2 is 1.76 bits per heavy atom. The zero-order chi connectivity index (χ0) is 14.7. The van der Waals surface area contributed by atoms with Gasteiger partial charge in [0.1, 0.15) is 5.15 Å². The second-order valence-electron chi connectivity index (χ2n) is 4.85. The number of carbonyl (C=O) groups is 1. The molecule has 1 amide bonds. The molecule has 1 aliphatic rings. The van der Waals surface area contributed by atoms with E-state index in [-0.39, 0.29) is 5.91 Å². The van der Waals surface area contributed by atoms with Crippen molar-refractivity contribution < 1.29 is 4.79 Å². The lowest BCUT2D eigenvalue weighted by Gasteiger charge is -2.36. The normalized spacial score (nSPS) is 15.1. The van der Waals surface area contributed by atoms with E-state index in [0.717, 1.165) is 18.8 Å². The third-order valence-corrected chi connectivity index (χ3v) is 3.77. The van der Waals surface area contributed by atoms with Crippen LogP contribution >= 0.6 is 11.6 Å². The number of pyridine rings is 2. The first-order valence-electron chi connectivity index (χ1n) is 6.80. The third-order valence-electron chi connectivity index (χ3n) is 3.57. The summed E-state index contributed by atoms with van der Waals surface area (Å²) in [5.74, 6) is 0.00804. The van der Waals surface area contributed by atoms with Gasteiger partial charge in [0.05, 0.1) is 0 Å². The molecule has 0 N–H and O–H groups in total. The van der Waals surface area contributed by atoms with Gasteiger partial charge >= 0.3 is 0 Å². The topological polar surface area (TPSA) is 49.3 Å². The van der Waals surface area contributed by atoms with Crippen LogP contribution in [0.3, 0.4) is 0 Å². The first kappa shape index (κ1) is 13.8. The molecule has 0 aromatic carbocycles. The van der Waals surface area contributed by atoms with E-state index in [1.54, 1.807) is 30.7 Å². The van der Waals surface area contributed by atoms with Crippen molar-refractivity contribution in [2.24, 2.45) is 0 Å². The summed E-state index contributed by atoms with van der Waals surface area (Å²) < 4.78 is 0. The van der Waals surface area contributed by atoms with E-state index in [2.05, 4.69) is 14.9 Å². The van der Waals surface area contributed by atoms with Crippen LogP contribution in [0.4, 0.5) is 5.69 Å². The molecule has 3 heterocycles. The molecular formula is C15H15ClN4O. The fraction of sp³-hybridized carbons (Fsp3) is 0.267. The van der Waals surface area contributed by atoms with Gasteiger partial charge in [-0.25, -0.2) is 4.98 Å². The zero-order valence-electron chi connectivity index (χ0n) is 11.4. The van der Waals surface area contributed by atoms with Gasteiger partial charge in [0, 0.05) is 56.0 Å². The first-order valence-corrected chi connectivity index (χ1v) is 7.17. The van der Waals surface area contributed by atoms with Crippen molar-refractivity contribution in [3.63, 3.8) is 0 Å². The molecule has 0 saturated carbocycles. The Labute approximate surface area is 128 Å². The highest BCUT2D eigenvalue weighted by Gasteiger charge is 2.22. The van der Waals surface area contributed by atoms with Crippen LogP contribution in [0.25, 0.3) is 0 Å². The largest absolute Gasteiger partial charge is 0.368 e. The van der Waals surface area contributed by atoms with Crippen LogP contribution in [0.2, 0.25) is 5.15 Å². The van der Waals surface area contributed by atoms with Crippen LogP contribution in [0.5, 0.6) is 0 Å². The zero-order valence-corrected chi connectivity index (χ0v) is 12.2. The second kappa shape index (κ2) is 6.10. The molecule has 2 aromatic heterocycles. The van der Waals surface area contributed by atoms with Crippen LogP contribution in [0.1, 0.15) is 10.4 Å². The third kappa shape index (κ3) is 3.13. The number of nitrogens with zero attached hydrogens (tertiary/aromatic N) is 4. The van der Waals surface area contributed by atoms with Crippen molar-refractivity contribution in [3.05, 3.63) is 53.6 Å². The molecule has 3 rings (SSSR count). The summed E-state index contributed by atoms with van der Waals surface area (Å²) in [5, 5.41) is 0.344. The first-order chi connectivity index (χ1) is 10.2. The number of piperazine rings is 1. The van der Waals surface area contributed by atoms with E-state index in [0.29, 0.717) is 23.8 Å². The molecule has 0 spiro atoms. The Morgan fingerprint density at radius 3 is 2.43 bits per heavy atom. The quantitative estimate of drug-likeness (QED) is 0.797. The average molecular weight is 303 g/mol. The molecule has 1 saturated heterocycles. The maximum Gasteiger partial charge on any atom is 0.254 e. The molecule has 5 nitrogen and oxygen atoms in total. The lowest BCUT2D eigenvalue weighted by Crippen LogP contribution is -2.48. The van der Waals surface area contributed by atoms with Gasteiger partial charge in [0.2, 0.25) is 0 Å². The number of hydrogen-bond acceptors (Lipinski definition) is 4. The van der Waals surface area contributed by atoms with Gasteiger partial charge in [-0.1, -0.05) is 11.6 Å². The van der Waals surface area contributed by atoms with Gasteiger partial charge in [-0.3, -0.25) is 9.78 Å². The number of aromatic nitrogens is 2. The maximum atomic E-state index is 12.4. The van der Waals surface area contributed by atoms with E-state index in [1.165, 1.54) is 0 Å². The van der Waals surface area contributed by atoms with E-state index < -0.39 is 0 Å². The van der Waals surface area contributed by atoms with Crippen LogP contribution < -0.4 is 4.90 Å². The highest BCUT2D eigenvalue weighted by molar-refractivity contribution is 6.29. The monoisotopic (exact) mass is 302 g/mol. The maximum absolute atomic E-state index is 12.4. The van der Waals surface area contributed by atoms with Crippen molar-refractivity contribution in [3.8, 4) is 0 Å². The Kier molecular flexibility index (Phi) is 4.01. The van der Waals surface area contributed by atoms with E-state index in [9.17, 15) is 4.79 Å². The molecule has 1 aliphatic heterocycles. The SMILES string of the molecule is O=C(c1ccnc(Cl)c1)N1CCN(c2ccncc2)CC1. The standard InChI is InChI=1S/C15H15ClN4O/c16-14-11-12(1-6-18-14)15(21)20-9-7-19(8-10-20)13-2-4-17-5-3-13/h1-6,11H,7-10H2. The molecule has 0 unspecified atom stereocenters. The van der Waals surface area contributed by atoms with Gasteiger partial charge < -0.3 is 9.80 Å². The predicted octanol–water partition coefficient (Wildman–Crippen LogP) is 2.09. The molecular weight excluding hydrogens is 288 g/mol. The molecule has 108 valence electrons.